The van der Waals surface area contributed by atoms with Crippen LogP contribution in [0.4, 0.5) is 5.82 Å². The molecule has 1 aliphatic carbocycles. The van der Waals surface area contributed by atoms with Gasteiger partial charge in [0.15, 0.2) is 0 Å². The van der Waals surface area contributed by atoms with Crippen molar-refractivity contribution in [1.29, 1.82) is 0 Å². The Balaban J connectivity index is 1.67. The summed E-state index contributed by atoms with van der Waals surface area (Å²) in [7, 11) is 0. The van der Waals surface area contributed by atoms with Gasteiger partial charge in [-0.05, 0) is 44.4 Å². The highest BCUT2D eigenvalue weighted by atomic mass is 15.0. The molecule has 0 radical (unpaired) electrons. The third-order valence-corrected chi connectivity index (χ3v) is 4.19. The predicted octanol–water partition coefficient (Wildman–Crippen LogP) is 2.90. The first-order valence-corrected chi connectivity index (χ1v) is 7.36. The van der Waals surface area contributed by atoms with Crippen molar-refractivity contribution in [1.82, 2.24) is 10.3 Å². The van der Waals surface area contributed by atoms with Crippen molar-refractivity contribution in [2.45, 2.75) is 50.5 Å². The number of piperidine rings is 1. The molecule has 3 nitrogen and oxygen atoms in total. The maximum Gasteiger partial charge on any atom is 0.126 e. The molecule has 0 aromatic carbocycles. The number of aromatic nitrogens is 1. The zero-order valence-electron chi connectivity index (χ0n) is 11.0. The molecule has 3 heteroatoms. The molecule has 3 rings (SSSR count). The molecule has 18 heavy (non-hydrogen) atoms. The van der Waals surface area contributed by atoms with Gasteiger partial charge in [0.25, 0.3) is 0 Å². The number of hydrogen-bond donors (Lipinski definition) is 2. The molecule has 1 aromatic rings. The molecule has 1 saturated heterocycles. The smallest absolute Gasteiger partial charge is 0.126 e. The molecule has 0 unspecified atom stereocenters. The first-order valence-electron chi connectivity index (χ1n) is 7.36. The van der Waals surface area contributed by atoms with Crippen molar-refractivity contribution < 1.29 is 0 Å². The summed E-state index contributed by atoms with van der Waals surface area (Å²) < 4.78 is 0. The third kappa shape index (κ3) is 2.83. The molecule has 0 amide bonds. The van der Waals surface area contributed by atoms with E-state index in [0.29, 0.717) is 12.0 Å². The Bertz CT molecular complexity index is 379. The van der Waals surface area contributed by atoms with Crippen molar-refractivity contribution in [3.63, 3.8) is 0 Å². The Morgan fingerprint density at radius 1 is 1.11 bits per heavy atom. The normalized spacial score (nSPS) is 25.2. The van der Waals surface area contributed by atoms with Gasteiger partial charge >= 0.3 is 0 Å². The molecule has 2 N–H and O–H groups in total. The van der Waals surface area contributed by atoms with Crippen LogP contribution in [0.1, 0.15) is 50.1 Å². The number of hydrogen-bond acceptors (Lipinski definition) is 3. The molecule has 1 aliphatic heterocycles. The number of anilines is 1. The molecule has 1 aromatic heterocycles. The Morgan fingerprint density at radius 3 is 2.78 bits per heavy atom. The molecule has 2 fully saturated rings. The van der Waals surface area contributed by atoms with Gasteiger partial charge in [0, 0.05) is 24.2 Å². The molecular weight excluding hydrogens is 222 g/mol. The summed E-state index contributed by atoms with van der Waals surface area (Å²) in [5.41, 5.74) is 1.25. The Morgan fingerprint density at radius 2 is 2.00 bits per heavy atom. The second kappa shape index (κ2) is 5.70. The first kappa shape index (κ1) is 12.0. The van der Waals surface area contributed by atoms with Crippen molar-refractivity contribution in [3.05, 3.63) is 23.9 Å². The largest absolute Gasteiger partial charge is 0.367 e. The van der Waals surface area contributed by atoms with Crippen LogP contribution in [0.2, 0.25) is 0 Å². The van der Waals surface area contributed by atoms with Crippen LogP contribution in [-0.4, -0.2) is 24.1 Å². The summed E-state index contributed by atoms with van der Waals surface area (Å²) in [4.78, 5) is 4.81. The Kier molecular flexibility index (Phi) is 3.79. The SMILES string of the molecule is c1cc(NC2CCCC2)nc([C@H]2CCCNC2)c1. The van der Waals surface area contributed by atoms with E-state index in [-0.39, 0.29) is 0 Å². The van der Waals surface area contributed by atoms with Gasteiger partial charge in [-0.15, -0.1) is 0 Å². The van der Waals surface area contributed by atoms with Crippen LogP contribution in [0.25, 0.3) is 0 Å². The van der Waals surface area contributed by atoms with Gasteiger partial charge in [0.2, 0.25) is 0 Å². The molecule has 1 saturated carbocycles. The average molecular weight is 245 g/mol. The number of nitrogens with zero attached hydrogens (tertiary/aromatic N) is 1. The zero-order chi connectivity index (χ0) is 12.2. The lowest BCUT2D eigenvalue weighted by Gasteiger charge is -2.23. The lowest BCUT2D eigenvalue weighted by molar-refractivity contribution is 0.455. The van der Waals surface area contributed by atoms with Crippen molar-refractivity contribution in [2.75, 3.05) is 18.4 Å². The molecule has 2 aliphatic rings. The van der Waals surface area contributed by atoms with E-state index in [4.69, 9.17) is 4.98 Å². The predicted molar refractivity (Wildman–Crippen MR) is 75.0 cm³/mol. The van der Waals surface area contributed by atoms with E-state index >= 15 is 0 Å². The Hall–Kier alpha value is -1.09. The minimum atomic E-state index is 0.601. The number of pyridine rings is 1. The fourth-order valence-electron chi connectivity index (χ4n) is 3.14. The minimum Gasteiger partial charge on any atom is -0.367 e. The average Bonchev–Trinajstić information content (AvgIpc) is 2.93. The maximum absolute atomic E-state index is 4.81. The van der Waals surface area contributed by atoms with E-state index in [1.165, 1.54) is 44.2 Å². The summed E-state index contributed by atoms with van der Waals surface area (Å²) in [6.45, 7) is 2.25. The van der Waals surface area contributed by atoms with E-state index in [1.54, 1.807) is 0 Å². The summed E-state index contributed by atoms with van der Waals surface area (Å²) in [6.07, 6.45) is 7.88. The van der Waals surface area contributed by atoms with Gasteiger partial charge in [-0.25, -0.2) is 4.98 Å². The fraction of sp³-hybridized carbons (Fsp3) is 0.667. The number of rotatable bonds is 3. The van der Waals surface area contributed by atoms with Crippen LogP contribution < -0.4 is 10.6 Å². The topological polar surface area (TPSA) is 37.0 Å². The highest BCUT2D eigenvalue weighted by Crippen LogP contribution is 2.25. The van der Waals surface area contributed by atoms with Gasteiger partial charge in [-0.3, -0.25) is 0 Å². The summed E-state index contributed by atoms with van der Waals surface area (Å²) in [6, 6.07) is 7.08. The fourth-order valence-corrected chi connectivity index (χ4v) is 3.14. The van der Waals surface area contributed by atoms with Gasteiger partial charge < -0.3 is 10.6 Å². The van der Waals surface area contributed by atoms with Gasteiger partial charge in [-0.2, -0.15) is 0 Å². The van der Waals surface area contributed by atoms with E-state index in [1.807, 2.05) is 0 Å². The molecule has 1 atom stereocenters. The van der Waals surface area contributed by atoms with Gasteiger partial charge in [0.05, 0.1) is 0 Å². The van der Waals surface area contributed by atoms with E-state index in [0.717, 1.165) is 18.9 Å². The Labute approximate surface area is 109 Å². The van der Waals surface area contributed by atoms with Crippen molar-refractivity contribution in [2.24, 2.45) is 0 Å². The highest BCUT2D eigenvalue weighted by Gasteiger charge is 2.18. The standard InChI is InChI=1S/C15H23N3/c1-2-7-13(6-1)17-15-9-3-8-14(18-15)12-5-4-10-16-11-12/h3,8-9,12-13,16H,1-2,4-7,10-11H2,(H,17,18)/t12-/m0/s1. The molecular formula is C15H23N3. The minimum absolute atomic E-state index is 0.601. The number of nitrogens with one attached hydrogen (secondary N) is 2. The van der Waals surface area contributed by atoms with Crippen LogP contribution in [-0.2, 0) is 0 Å². The second-order valence-electron chi connectivity index (χ2n) is 5.62. The quantitative estimate of drug-likeness (QED) is 0.859. The summed E-state index contributed by atoms with van der Waals surface area (Å²) in [5, 5.41) is 7.05. The highest BCUT2D eigenvalue weighted by molar-refractivity contribution is 5.37. The maximum atomic E-state index is 4.81. The summed E-state index contributed by atoms with van der Waals surface area (Å²) >= 11 is 0. The molecule has 0 spiro atoms. The third-order valence-electron chi connectivity index (χ3n) is 4.19. The lowest BCUT2D eigenvalue weighted by Crippen LogP contribution is -2.29. The van der Waals surface area contributed by atoms with Crippen LogP contribution in [0.3, 0.4) is 0 Å². The van der Waals surface area contributed by atoms with E-state index in [9.17, 15) is 0 Å². The lowest BCUT2D eigenvalue weighted by atomic mass is 9.96. The van der Waals surface area contributed by atoms with Crippen LogP contribution in [0.5, 0.6) is 0 Å². The van der Waals surface area contributed by atoms with Crippen molar-refractivity contribution in [3.8, 4) is 0 Å². The van der Waals surface area contributed by atoms with Gasteiger partial charge in [-0.1, -0.05) is 18.9 Å². The second-order valence-corrected chi connectivity index (χ2v) is 5.62. The molecule has 2 heterocycles. The van der Waals surface area contributed by atoms with Crippen molar-refractivity contribution >= 4 is 5.82 Å². The van der Waals surface area contributed by atoms with E-state index < -0.39 is 0 Å². The zero-order valence-corrected chi connectivity index (χ0v) is 11.0. The first-order chi connectivity index (χ1) is 8.92. The monoisotopic (exact) mass is 245 g/mol. The van der Waals surface area contributed by atoms with Crippen LogP contribution in [0.15, 0.2) is 18.2 Å². The van der Waals surface area contributed by atoms with Gasteiger partial charge in [0.1, 0.15) is 5.82 Å². The van der Waals surface area contributed by atoms with E-state index in [2.05, 4.69) is 28.8 Å². The van der Waals surface area contributed by atoms with Crippen LogP contribution in [0, 0.1) is 0 Å². The molecule has 98 valence electrons. The summed E-state index contributed by atoms with van der Waals surface area (Å²) in [5.74, 6) is 1.68. The van der Waals surface area contributed by atoms with Crippen LogP contribution >= 0.6 is 0 Å². The molecule has 0 bridgehead atoms.